The zero-order valence-corrected chi connectivity index (χ0v) is 52.4. The minimum Gasteiger partial charge on any atom is -0.394 e. The minimum atomic E-state index is -1.72. The van der Waals surface area contributed by atoms with Crippen LogP contribution in [0.15, 0.2) is 40.3 Å². The molecule has 11 atom stereocenters. The van der Waals surface area contributed by atoms with Crippen LogP contribution in [-0.2, 0) is 68.7 Å². The second kappa shape index (κ2) is 44.2. The van der Waals surface area contributed by atoms with Crippen molar-refractivity contribution in [3.8, 4) is 0 Å². The van der Waals surface area contributed by atoms with Crippen LogP contribution in [0, 0.1) is 0 Å². The normalized spacial score (nSPS) is 14.4. The topological polar surface area (TPSA) is 640 Å². The molecule has 0 saturated carbocycles. The lowest BCUT2D eigenvalue weighted by molar-refractivity contribution is -0.136. The Labute approximate surface area is 532 Å². The molecule has 0 saturated heterocycles. The molecule has 37 nitrogen and oxygen atoms in total. The van der Waals surface area contributed by atoms with Gasteiger partial charge in [-0.3, -0.25) is 72.3 Å². The lowest BCUT2D eigenvalue weighted by atomic mass is 10.1. The van der Waals surface area contributed by atoms with Gasteiger partial charge in [0.15, 0.2) is 11.9 Å². The van der Waals surface area contributed by atoms with Crippen molar-refractivity contribution in [3.63, 3.8) is 0 Å². The molecule has 0 bridgehead atoms. The van der Waals surface area contributed by atoms with Gasteiger partial charge >= 0.3 is 0 Å². The number of nitrogens with one attached hydrogen (secondary N) is 12. The summed E-state index contributed by atoms with van der Waals surface area (Å²) in [5.74, 6) is -12.1. The first-order valence-electron chi connectivity index (χ1n) is 29.9. The average molecular weight is 1310 g/mol. The molecule has 0 aliphatic carbocycles. The number of hydrogen-bond acceptors (Lipinski definition) is 20. The first-order chi connectivity index (χ1) is 43.4. The zero-order valence-electron chi connectivity index (χ0n) is 52.4. The van der Waals surface area contributed by atoms with Crippen LogP contribution in [0.25, 0.3) is 0 Å². The number of nitrogens with two attached hydrogens (primary N) is 8. The van der Waals surface area contributed by atoms with Crippen molar-refractivity contribution in [2.24, 2.45) is 55.9 Å². The van der Waals surface area contributed by atoms with E-state index < -0.39 is 170 Å². The highest BCUT2D eigenvalue weighted by molar-refractivity contribution is 5.99. The summed E-state index contributed by atoms with van der Waals surface area (Å²) < 4.78 is 0. The number of primary amides is 1. The molecule has 516 valence electrons. The number of hydrogen-bond donors (Lipinski definition) is 22. The Morgan fingerprint density at radius 3 is 1.26 bits per heavy atom. The van der Waals surface area contributed by atoms with Crippen molar-refractivity contribution < 1.29 is 72.5 Å². The Balaban J connectivity index is 3.04. The lowest BCUT2D eigenvalue weighted by Gasteiger charge is -2.26. The van der Waals surface area contributed by atoms with E-state index in [0.717, 1.165) is 12.5 Å². The van der Waals surface area contributed by atoms with Gasteiger partial charge in [0.25, 0.3) is 0 Å². The monoisotopic (exact) mass is 1300 g/mol. The summed E-state index contributed by atoms with van der Waals surface area (Å²) in [5.41, 5.74) is 45.2. The number of rotatable bonds is 45. The summed E-state index contributed by atoms with van der Waals surface area (Å²) in [4.78, 5) is 178. The van der Waals surface area contributed by atoms with Crippen molar-refractivity contribution in [2.75, 3.05) is 52.4 Å². The van der Waals surface area contributed by atoms with E-state index in [1.54, 1.807) is 30.3 Å². The number of unbranched alkanes of at least 4 members (excludes halogenated alkanes) is 2. The van der Waals surface area contributed by atoms with Crippen molar-refractivity contribution in [2.45, 2.75) is 165 Å². The third-order valence-corrected chi connectivity index (χ3v) is 13.4. The van der Waals surface area contributed by atoms with Crippen molar-refractivity contribution >= 4 is 88.7 Å². The second-order valence-corrected chi connectivity index (χ2v) is 21.4. The summed E-state index contributed by atoms with van der Waals surface area (Å²) in [6, 6.07) is -4.80. The van der Waals surface area contributed by atoms with Crippen molar-refractivity contribution in [1.29, 1.82) is 0 Å². The van der Waals surface area contributed by atoms with Crippen LogP contribution < -0.4 is 110 Å². The van der Waals surface area contributed by atoms with Crippen molar-refractivity contribution in [3.05, 3.63) is 35.9 Å². The third-order valence-electron chi connectivity index (χ3n) is 13.4. The molecule has 92 heavy (non-hydrogen) atoms. The smallest absolute Gasteiger partial charge is 0.245 e. The Morgan fingerprint density at radius 1 is 0.435 bits per heavy atom. The van der Waals surface area contributed by atoms with Crippen LogP contribution in [0.1, 0.15) is 97.5 Å². The molecule has 37 heteroatoms. The van der Waals surface area contributed by atoms with Gasteiger partial charge in [0, 0.05) is 13.1 Å². The molecule has 0 heterocycles. The van der Waals surface area contributed by atoms with Gasteiger partial charge in [-0.05, 0) is 117 Å². The predicted octanol–water partition coefficient (Wildman–Crippen LogP) is -10.4. The molecule has 0 aliphatic heterocycles. The Morgan fingerprint density at radius 2 is 0.815 bits per heavy atom. The number of amides is 13. The van der Waals surface area contributed by atoms with Crippen LogP contribution in [0.2, 0.25) is 0 Å². The van der Waals surface area contributed by atoms with Gasteiger partial charge in [-0.25, -0.2) is 0 Å². The maximum atomic E-state index is 14.0. The number of guanidine groups is 2. The number of aliphatic hydroxyl groups is 2. The first kappa shape index (κ1) is 80.7. The first-order valence-corrected chi connectivity index (χ1v) is 29.9. The molecule has 1 rings (SSSR count). The van der Waals surface area contributed by atoms with E-state index in [0.29, 0.717) is 25.8 Å². The zero-order chi connectivity index (χ0) is 69.5. The number of benzene rings is 1. The molecule has 30 N–H and O–H groups in total. The lowest BCUT2D eigenvalue weighted by Crippen LogP contribution is -2.60. The molecule has 0 unspecified atom stereocenters. The molecule has 1 aromatic rings. The van der Waals surface area contributed by atoms with Crippen LogP contribution in [-0.4, -0.2) is 218 Å². The van der Waals surface area contributed by atoms with Gasteiger partial charge in [-0.1, -0.05) is 30.3 Å². The number of carbonyl (C=O) groups is 13. The van der Waals surface area contributed by atoms with Gasteiger partial charge in [-0.15, -0.1) is 0 Å². The van der Waals surface area contributed by atoms with Crippen molar-refractivity contribution in [1.82, 2.24) is 63.8 Å². The highest BCUT2D eigenvalue weighted by atomic mass is 16.3. The minimum absolute atomic E-state index is 0.0198. The Kier molecular flexibility index (Phi) is 38.8. The largest absolute Gasteiger partial charge is 0.394 e. The summed E-state index contributed by atoms with van der Waals surface area (Å²) in [6.45, 7) is 2.52. The second-order valence-electron chi connectivity index (χ2n) is 21.4. The molecule has 1 aromatic carbocycles. The summed E-state index contributed by atoms with van der Waals surface area (Å²) in [6.07, 6.45) is 0.450. The van der Waals surface area contributed by atoms with E-state index in [9.17, 15) is 72.5 Å². The van der Waals surface area contributed by atoms with Gasteiger partial charge < -0.3 is 120 Å². The van der Waals surface area contributed by atoms with Gasteiger partial charge in [0.2, 0.25) is 76.8 Å². The Hall–Kier alpha value is -9.33. The number of carbonyl (C=O) groups excluding carboxylic acids is 13. The summed E-state index contributed by atoms with van der Waals surface area (Å²) in [5, 5.41) is 49.2. The molecule has 0 aromatic heterocycles. The van der Waals surface area contributed by atoms with E-state index in [-0.39, 0.29) is 82.9 Å². The molecular weight excluding hydrogens is 1210 g/mol. The third kappa shape index (κ3) is 33.5. The predicted molar refractivity (Wildman–Crippen MR) is 335 cm³/mol. The maximum Gasteiger partial charge on any atom is 0.245 e. The van der Waals surface area contributed by atoms with E-state index >= 15 is 0 Å². The van der Waals surface area contributed by atoms with E-state index in [1.807, 2.05) is 0 Å². The fraction of sp³-hybridized carbons (Fsp3) is 0.618. The standard InChI is InChI=1S/C55H96N22O15/c1-29(69-42(82)27-68-53(92)43(32(4)79)77-47(86)30(2)70-41(81)26-66-40(80)25-67-48(87)34(58)24-33-14-6-5-7-15-33)45(84)73-38(19-13-23-65-55(62)63)50(89)75-36(17-9-11-21-57)51(90)76-39(28-78)52(91)71-31(3)46(85)74-37(18-12-22-64-54(60)61)49(88)72-35(44(59)83)16-8-10-20-56/h5-7,14-15,29-32,34-39,43,78-79H,8-13,16-28,56-58H2,1-4H3,(H2,59,83)(H,66,80)(H,67,87)(H,68,92)(H,69,82)(H,70,81)(H,71,91)(H,72,88)(H,73,84)(H,74,85)(H,75,89)(H,76,90)(H,77,86)(H4,60,61,64)(H4,62,63,65)/t29-,30-,31-,32+,34-,35-,36-,37-,38-,39-,43-/m0/s1. The summed E-state index contributed by atoms with van der Waals surface area (Å²) >= 11 is 0. The van der Waals surface area contributed by atoms with Crippen LogP contribution in [0.5, 0.6) is 0 Å². The number of nitrogens with zero attached hydrogens (tertiary/aromatic N) is 2. The molecule has 0 spiro atoms. The van der Waals surface area contributed by atoms with Gasteiger partial charge in [-0.2, -0.15) is 0 Å². The fourth-order valence-electron chi connectivity index (χ4n) is 8.25. The average Bonchev–Trinajstić information content (AvgIpc) is 1.18. The number of aliphatic hydroxyl groups excluding tert-OH is 2. The van der Waals surface area contributed by atoms with Crippen LogP contribution in [0.4, 0.5) is 0 Å². The number of aliphatic imine (C=N–C) groups is 2. The maximum absolute atomic E-state index is 14.0. The van der Waals surface area contributed by atoms with E-state index in [2.05, 4.69) is 73.8 Å². The quantitative estimate of drug-likeness (QED) is 0.0164. The van der Waals surface area contributed by atoms with Crippen LogP contribution in [0.3, 0.4) is 0 Å². The molecule has 13 amide bonds. The summed E-state index contributed by atoms with van der Waals surface area (Å²) in [7, 11) is 0. The SMILES string of the molecule is C[C@H](NC(=O)CNC(=O)[C@@H](NC(=O)[C@H](C)NC(=O)CNC(=O)CNC(=O)[C@@H](N)Cc1ccccc1)[C@@H](C)O)C(=O)N[C@@H](CCCN=C(N)N)C(=O)N[C@@H](CCCCN)C(=O)N[C@@H](CO)C(=O)N[C@@H](C)C(=O)N[C@@H](CCCN=C(N)N)C(=O)N[C@@H](CCCCN)C(N)=O. The van der Waals surface area contributed by atoms with E-state index in [1.165, 1.54) is 20.8 Å². The highest BCUT2D eigenvalue weighted by Crippen LogP contribution is 2.09. The molecular formula is C55H96N22O15. The highest BCUT2D eigenvalue weighted by Gasteiger charge is 2.34. The van der Waals surface area contributed by atoms with E-state index in [4.69, 9.17) is 45.9 Å². The van der Waals surface area contributed by atoms with Gasteiger partial charge in [0.05, 0.1) is 38.4 Å². The molecule has 0 fully saturated rings. The van der Waals surface area contributed by atoms with Crippen LogP contribution >= 0.6 is 0 Å². The Bertz CT molecular complexity index is 2660. The molecule has 0 radical (unpaired) electrons. The van der Waals surface area contributed by atoms with Gasteiger partial charge in [0.1, 0.15) is 54.4 Å². The fourth-order valence-corrected chi connectivity index (χ4v) is 8.25. The molecule has 0 aliphatic rings.